The molecule has 1 aliphatic heterocycles. The highest BCUT2D eigenvalue weighted by atomic mass is 16.5. The molecule has 0 aliphatic carbocycles. The highest BCUT2D eigenvalue weighted by molar-refractivity contribution is 5.70. The minimum atomic E-state index is -0.472. The van der Waals surface area contributed by atoms with Crippen molar-refractivity contribution in [2.24, 2.45) is 0 Å². The molecule has 2 aromatic heterocycles. The van der Waals surface area contributed by atoms with E-state index in [4.69, 9.17) is 4.74 Å². The predicted octanol–water partition coefficient (Wildman–Crippen LogP) is 2.30. The smallest absolute Gasteiger partial charge is 0.255 e. The third-order valence-electron chi connectivity index (χ3n) is 2.95. The van der Waals surface area contributed by atoms with E-state index in [1.54, 1.807) is 23.0 Å². The minimum Gasteiger partial charge on any atom is -0.481 e. The zero-order valence-electron chi connectivity index (χ0n) is 10.8. The summed E-state index contributed by atoms with van der Waals surface area (Å²) in [7, 11) is 0. The zero-order chi connectivity index (χ0) is 13.5. The van der Waals surface area contributed by atoms with Gasteiger partial charge in [-0.3, -0.25) is 14.3 Å². The summed E-state index contributed by atoms with van der Waals surface area (Å²) < 4.78 is 7.45. The largest absolute Gasteiger partial charge is 0.481 e. The van der Waals surface area contributed by atoms with E-state index >= 15 is 0 Å². The molecule has 0 unspecified atom stereocenters. The SMILES string of the molecule is CC1(C)C=C(n2ccccc2=O)c2ncccc2O1. The van der Waals surface area contributed by atoms with Crippen molar-refractivity contribution in [1.82, 2.24) is 9.55 Å². The molecule has 96 valence electrons. The van der Waals surface area contributed by atoms with Gasteiger partial charge in [0, 0.05) is 18.5 Å². The van der Waals surface area contributed by atoms with E-state index in [2.05, 4.69) is 4.98 Å². The Labute approximate surface area is 111 Å². The van der Waals surface area contributed by atoms with E-state index in [9.17, 15) is 4.79 Å². The van der Waals surface area contributed by atoms with Gasteiger partial charge >= 0.3 is 0 Å². The molecular formula is C15H14N2O2. The van der Waals surface area contributed by atoms with E-state index in [0.29, 0.717) is 11.4 Å². The quantitative estimate of drug-likeness (QED) is 0.784. The van der Waals surface area contributed by atoms with Gasteiger partial charge in [0.1, 0.15) is 17.0 Å². The van der Waals surface area contributed by atoms with Crippen molar-refractivity contribution in [3.05, 3.63) is 64.8 Å². The molecule has 4 nitrogen and oxygen atoms in total. The van der Waals surface area contributed by atoms with Gasteiger partial charge in [-0.1, -0.05) is 6.07 Å². The van der Waals surface area contributed by atoms with Gasteiger partial charge in [-0.25, -0.2) is 0 Å². The summed E-state index contributed by atoms with van der Waals surface area (Å²) in [5.41, 5.74) is 0.899. The maximum atomic E-state index is 12.0. The molecule has 0 fully saturated rings. The molecule has 0 bridgehead atoms. The maximum absolute atomic E-state index is 12.0. The summed E-state index contributed by atoms with van der Waals surface area (Å²) in [6, 6.07) is 8.78. The van der Waals surface area contributed by atoms with E-state index in [-0.39, 0.29) is 5.56 Å². The molecule has 1 aliphatic rings. The molecule has 0 saturated heterocycles. The van der Waals surface area contributed by atoms with Crippen LogP contribution in [0.5, 0.6) is 5.75 Å². The lowest BCUT2D eigenvalue weighted by Gasteiger charge is -2.30. The molecular weight excluding hydrogens is 240 g/mol. The number of rotatable bonds is 1. The monoisotopic (exact) mass is 254 g/mol. The second-order valence-corrected chi connectivity index (χ2v) is 4.99. The summed E-state index contributed by atoms with van der Waals surface area (Å²) in [5.74, 6) is 0.695. The molecule has 4 heteroatoms. The Hall–Kier alpha value is -2.36. The van der Waals surface area contributed by atoms with Gasteiger partial charge < -0.3 is 4.74 Å². The molecule has 0 saturated carbocycles. The van der Waals surface area contributed by atoms with Crippen LogP contribution in [0, 0.1) is 0 Å². The zero-order valence-corrected chi connectivity index (χ0v) is 10.8. The Morgan fingerprint density at radius 1 is 1.21 bits per heavy atom. The number of hydrogen-bond donors (Lipinski definition) is 0. The summed E-state index contributed by atoms with van der Waals surface area (Å²) in [4.78, 5) is 16.3. The summed E-state index contributed by atoms with van der Waals surface area (Å²) in [6.07, 6.45) is 5.36. The van der Waals surface area contributed by atoms with Crippen LogP contribution in [0.25, 0.3) is 5.70 Å². The first-order valence-electron chi connectivity index (χ1n) is 6.12. The second-order valence-electron chi connectivity index (χ2n) is 4.99. The third-order valence-corrected chi connectivity index (χ3v) is 2.95. The number of fused-ring (bicyclic) bond motifs is 1. The highest BCUT2D eigenvalue weighted by Crippen LogP contribution is 2.34. The van der Waals surface area contributed by atoms with Crippen LogP contribution in [0.4, 0.5) is 0 Å². The average Bonchev–Trinajstić information content (AvgIpc) is 2.37. The fourth-order valence-corrected chi connectivity index (χ4v) is 2.19. The third kappa shape index (κ3) is 2.05. The van der Waals surface area contributed by atoms with Gasteiger partial charge in [0.2, 0.25) is 0 Å². The van der Waals surface area contributed by atoms with E-state index < -0.39 is 5.60 Å². The van der Waals surface area contributed by atoms with E-state index in [1.165, 1.54) is 6.07 Å². The van der Waals surface area contributed by atoms with Gasteiger partial charge in [-0.2, -0.15) is 0 Å². The van der Waals surface area contributed by atoms with E-state index in [1.807, 2.05) is 38.1 Å². The average molecular weight is 254 g/mol. The number of aromatic nitrogens is 2. The summed E-state index contributed by atoms with van der Waals surface area (Å²) in [6.45, 7) is 3.91. The molecule has 0 radical (unpaired) electrons. The van der Waals surface area contributed by atoms with Gasteiger partial charge in [0.05, 0.1) is 5.70 Å². The van der Waals surface area contributed by atoms with Crippen molar-refractivity contribution in [2.75, 3.05) is 0 Å². The lowest BCUT2D eigenvalue weighted by molar-refractivity contribution is 0.156. The lowest BCUT2D eigenvalue weighted by atomic mass is 10.0. The van der Waals surface area contributed by atoms with Crippen LogP contribution >= 0.6 is 0 Å². The molecule has 3 heterocycles. The second kappa shape index (κ2) is 4.09. The first kappa shape index (κ1) is 11.7. The van der Waals surface area contributed by atoms with Gasteiger partial charge in [-0.15, -0.1) is 0 Å². The van der Waals surface area contributed by atoms with Crippen LogP contribution in [-0.2, 0) is 0 Å². The fraction of sp³-hybridized carbons (Fsp3) is 0.200. The molecule has 0 aromatic carbocycles. The van der Waals surface area contributed by atoms with Crippen LogP contribution in [0.3, 0.4) is 0 Å². The number of pyridine rings is 2. The van der Waals surface area contributed by atoms with Crippen LogP contribution in [0.1, 0.15) is 19.5 Å². The summed E-state index contributed by atoms with van der Waals surface area (Å²) in [5, 5.41) is 0. The molecule has 0 spiro atoms. The fourth-order valence-electron chi connectivity index (χ4n) is 2.19. The van der Waals surface area contributed by atoms with E-state index in [0.717, 1.165) is 5.70 Å². The molecule has 2 aromatic rings. The summed E-state index contributed by atoms with van der Waals surface area (Å²) >= 11 is 0. The predicted molar refractivity (Wildman–Crippen MR) is 73.0 cm³/mol. The number of hydrogen-bond acceptors (Lipinski definition) is 3. The standard InChI is InChI=1S/C15H14N2O2/c1-15(2)10-11(17-9-4-3-7-13(17)18)14-12(19-15)6-5-8-16-14/h3-10H,1-2H3. The van der Waals surface area contributed by atoms with Crippen molar-refractivity contribution >= 4 is 5.70 Å². The van der Waals surface area contributed by atoms with Crippen molar-refractivity contribution < 1.29 is 4.74 Å². The van der Waals surface area contributed by atoms with Gasteiger partial charge in [0.25, 0.3) is 5.56 Å². The maximum Gasteiger partial charge on any atom is 0.255 e. The normalized spacial score (nSPS) is 16.2. The van der Waals surface area contributed by atoms with Crippen molar-refractivity contribution in [2.45, 2.75) is 19.4 Å². The minimum absolute atomic E-state index is 0.0805. The molecule has 0 atom stereocenters. The lowest BCUT2D eigenvalue weighted by Crippen LogP contribution is -2.32. The Balaban J connectivity index is 2.27. The number of ether oxygens (including phenoxy) is 1. The molecule has 19 heavy (non-hydrogen) atoms. The van der Waals surface area contributed by atoms with Crippen LogP contribution in [0.2, 0.25) is 0 Å². The van der Waals surface area contributed by atoms with Gasteiger partial charge in [-0.05, 0) is 38.1 Å². The highest BCUT2D eigenvalue weighted by Gasteiger charge is 2.28. The van der Waals surface area contributed by atoms with Gasteiger partial charge in [0.15, 0.2) is 0 Å². The van der Waals surface area contributed by atoms with Crippen LogP contribution < -0.4 is 10.3 Å². The van der Waals surface area contributed by atoms with Crippen LogP contribution in [0.15, 0.2) is 53.6 Å². The molecule has 0 amide bonds. The van der Waals surface area contributed by atoms with Crippen molar-refractivity contribution in [3.8, 4) is 5.75 Å². The van der Waals surface area contributed by atoms with Crippen molar-refractivity contribution in [3.63, 3.8) is 0 Å². The molecule has 3 rings (SSSR count). The van der Waals surface area contributed by atoms with Crippen LogP contribution in [-0.4, -0.2) is 15.2 Å². The van der Waals surface area contributed by atoms with Crippen molar-refractivity contribution in [1.29, 1.82) is 0 Å². The Kier molecular flexibility index (Phi) is 2.52. The molecule has 0 N–H and O–H groups in total. The Bertz CT molecular complexity index is 714. The Morgan fingerprint density at radius 2 is 2.05 bits per heavy atom. The topological polar surface area (TPSA) is 44.1 Å². The number of nitrogens with zero attached hydrogens (tertiary/aromatic N) is 2. The first-order valence-corrected chi connectivity index (χ1v) is 6.12. The Morgan fingerprint density at radius 3 is 2.84 bits per heavy atom. The first-order chi connectivity index (χ1) is 9.07.